The predicted octanol–water partition coefficient (Wildman–Crippen LogP) is 2.35. The van der Waals surface area contributed by atoms with Crippen LogP contribution in [0.15, 0.2) is 0 Å². The van der Waals surface area contributed by atoms with E-state index in [0.717, 1.165) is 32.2 Å². The molecule has 6 heteroatoms. The number of carbonyl (C=O) groups is 2. The Morgan fingerprint density at radius 2 is 1.60 bits per heavy atom. The highest BCUT2D eigenvalue weighted by molar-refractivity contribution is 5.84. The molecule has 0 bridgehead atoms. The summed E-state index contributed by atoms with van der Waals surface area (Å²) in [4.78, 5) is 23.0. The summed E-state index contributed by atoms with van der Waals surface area (Å²) in [7, 11) is 0. The Labute approximate surface area is 154 Å². The van der Waals surface area contributed by atoms with Gasteiger partial charge in [-0.3, -0.25) is 9.59 Å². The predicted molar refractivity (Wildman–Crippen MR) is 104 cm³/mol. The summed E-state index contributed by atoms with van der Waals surface area (Å²) < 4.78 is 0. The van der Waals surface area contributed by atoms with Crippen molar-refractivity contribution in [2.75, 3.05) is 13.1 Å². The Hall–Kier alpha value is -1.14. The Morgan fingerprint density at radius 1 is 1.08 bits per heavy atom. The van der Waals surface area contributed by atoms with Gasteiger partial charge in [0.05, 0.1) is 12.6 Å². The van der Waals surface area contributed by atoms with E-state index in [0.29, 0.717) is 0 Å². The lowest BCUT2D eigenvalue weighted by Crippen LogP contribution is -2.47. The molecule has 1 saturated heterocycles. The van der Waals surface area contributed by atoms with Crippen LogP contribution in [0.3, 0.4) is 0 Å². The van der Waals surface area contributed by atoms with Gasteiger partial charge in [-0.1, -0.05) is 54.4 Å². The molecule has 2 amide bonds. The molecule has 4 N–H and O–H groups in total. The molecular weight excluding hydrogens is 318 g/mol. The van der Waals surface area contributed by atoms with Gasteiger partial charge in [0.25, 0.3) is 5.91 Å². The first-order chi connectivity index (χ1) is 12.0. The molecule has 1 aliphatic carbocycles. The molecule has 1 heterocycles. The van der Waals surface area contributed by atoms with Crippen LogP contribution in [0.2, 0.25) is 0 Å². The van der Waals surface area contributed by atoms with Crippen molar-refractivity contribution < 1.29 is 14.7 Å². The maximum atomic E-state index is 11.6. The van der Waals surface area contributed by atoms with Gasteiger partial charge < -0.3 is 21.1 Å². The minimum absolute atomic E-state index is 0.0183. The number of aliphatic hydroxyl groups excluding tert-OH is 1. The lowest BCUT2D eigenvalue weighted by molar-refractivity contribution is -0.130. The highest BCUT2D eigenvalue weighted by Gasteiger charge is 2.27. The van der Waals surface area contributed by atoms with Gasteiger partial charge in [0.15, 0.2) is 0 Å². The van der Waals surface area contributed by atoms with E-state index in [1.54, 1.807) is 0 Å². The smallest absolute Gasteiger partial charge is 0.250 e. The first-order valence-electron chi connectivity index (χ1n) is 9.99. The monoisotopic (exact) mass is 359 g/mol. The van der Waals surface area contributed by atoms with Crippen molar-refractivity contribution in [3.05, 3.63) is 0 Å². The summed E-state index contributed by atoms with van der Waals surface area (Å²) in [5.41, 5.74) is 0. The molecule has 1 saturated carbocycles. The van der Waals surface area contributed by atoms with Crippen molar-refractivity contribution >= 4 is 11.8 Å². The van der Waals surface area contributed by atoms with Crippen molar-refractivity contribution in [1.82, 2.24) is 16.0 Å². The Balaban J connectivity index is 0. The summed E-state index contributed by atoms with van der Waals surface area (Å²) >= 11 is 0. The minimum Gasteiger partial charge on any atom is -0.381 e. The van der Waals surface area contributed by atoms with Crippen molar-refractivity contribution in [3.8, 4) is 0 Å². The summed E-state index contributed by atoms with van der Waals surface area (Å²) in [6.07, 6.45) is 5.12. The summed E-state index contributed by atoms with van der Waals surface area (Å²) in [6, 6.07) is 0.0537. The molecule has 2 fully saturated rings. The van der Waals surface area contributed by atoms with Crippen LogP contribution >= 0.6 is 0 Å². The zero-order chi connectivity index (χ0) is 19.7. The van der Waals surface area contributed by atoms with E-state index >= 15 is 0 Å². The van der Waals surface area contributed by atoms with Gasteiger partial charge in [0, 0.05) is 6.04 Å². The van der Waals surface area contributed by atoms with Crippen LogP contribution in [-0.4, -0.2) is 48.2 Å². The second-order valence-corrected chi connectivity index (χ2v) is 6.11. The molecular formula is C19H41N3O3. The van der Waals surface area contributed by atoms with Crippen molar-refractivity contribution in [1.29, 1.82) is 0 Å². The zero-order valence-corrected chi connectivity index (χ0v) is 17.2. The Morgan fingerprint density at radius 3 is 2.00 bits per heavy atom. The van der Waals surface area contributed by atoms with Crippen LogP contribution in [0.1, 0.15) is 80.1 Å². The highest BCUT2D eigenvalue weighted by Crippen LogP contribution is 2.18. The first-order valence-corrected chi connectivity index (χ1v) is 9.99. The lowest BCUT2D eigenvalue weighted by atomic mass is 10.2. The first kappa shape index (κ1) is 26.1. The molecule has 1 aliphatic heterocycles. The fourth-order valence-electron chi connectivity index (χ4n) is 1.85. The Kier molecular flexibility index (Phi) is 18.4. The van der Waals surface area contributed by atoms with E-state index in [9.17, 15) is 14.7 Å². The molecule has 0 aromatic rings. The van der Waals surface area contributed by atoms with E-state index in [1.165, 1.54) is 12.8 Å². The number of carbonyl (C=O) groups excluding carboxylic acids is 2. The molecule has 25 heavy (non-hydrogen) atoms. The summed E-state index contributed by atoms with van der Waals surface area (Å²) in [6.45, 7) is 13.3. The van der Waals surface area contributed by atoms with Gasteiger partial charge in [0.2, 0.25) is 5.91 Å². The quantitative estimate of drug-likeness (QED) is 0.606. The van der Waals surface area contributed by atoms with Gasteiger partial charge in [-0.15, -0.1) is 0 Å². The number of nitrogens with one attached hydrogen (secondary N) is 3. The number of hydrogen-bond acceptors (Lipinski definition) is 4. The summed E-state index contributed by atoms with van der Waals surface area (Å²) in [5.74, 6) is -0.534. The van der Waals surface area contributed by atoms with Crippen LogP contribution in [0.5, 0.6) is 0 Å². The average Bonchev–Trinajstić information content (AvgIpc) is 3.24. The third-order valence-corrected chi connectivity index (χ3v) is 3.07. The SMILES string of the molecule is CC.CCC.CCC.O=C(NC1CC1)C(O)CNC(=O)C1CCCN1. The van der Waals surface area contributed by atoms with Crippen molar-refractivity contribution in [2.24, 2.45) is 0 Å². The van der Waals surface area contributed by atoms with Gasteiger partial charge in [-0.25, -0.2) is 0 Å². The standard InChI is InChI=1S/C11H19N3O3.2C3H8.C2H6/c15-9(11(17)14-7-3-4-7)6-13-10(16)8-2-1-5-12-8;2*1-3-2;1-2/h7-9,12,15H,1-6H2,(H,13,16)(H,14,17);2*3H2,1-2H3;1-2H3. The number of amides is 2. The third kappa shape index (κ3) is 14.9. The number of rotatable bonds is 5. The zero-order valence-electron chi connectivity index (χ0n) is 17.2. The average molecular weight is 360 g/mol. The summed E-state index contributed by atoms with van der Waals surface area (Å²) in [5, 5.41) is 17.9. The Bertz CT molecular complexity index is 326. The molecule has 2 aliphatic rings. The van der Waals surface area contributed by atoms with Gasteiger partial charge >= 0.3 is 0 Å². The van der Waals surface area contributed by atoms with Crippen LogP contribution in [-0.2, 0) is 9.59 Å². The highest BCUT2D eigenvalue weighted by atomic mass is 16.3. The van der Waals surface area contributed by atoms with E-state index in [4.69, 9.17) is 0 Å². The van der Waals surface area contributed by atoms with Gasteiger partial charge in [-0.2, -0.15) is 0 Å². The van der Waals surface area contributed by atoms with Gasteiger partial charge in [0.1, 0.15) is 6.10 Å². The fourth-order valence-corrected chi connectivity index (χ4v) is 1.85. The number of aliphatic hydroxyl groups is 1. The fraction of sp³-hybridized carbons (Fsp3) is 0.895. The molecule has 0 aromatic carbocycles. The van der Waals surface area contributed by atoms with E-state index < -0.39 is 12.0 Å². The molecule has 0 spiro atoms. The minimum atomic E-state index is -1.15. The third-order valence-electron chi connectivity index (χ3n) is 3.07. The van der Waals surface area contributed by atoms with Crippen LogP contribution < -0.4 is 16.0 Å². The van der Waals surface area contributed by atoms with E-state index in [1.807, 2.05) is 13.8 Å². The maximum Gasteiger partial charge on any atom is 0.250 e. The lowest BCUT2D eigenvalue weighted by Gasteiger charge is -2.14. The van der Waals surface area contributed by atoms with Gasteiger partial charge in [-0.05, 0) is 32.2 Å². The van der Waals surface area contributed by atoms with Crippen molar-refractivity contribution in [2.45, 2.75) is 98.3 Å². The largest absolute Gasteiger partial charge is 0.381 e. The number of hydrogen-bond donors (Lipinski definition) is 4. The second kappa shape index (κ2) is 17.7. The molecule has 2 rings (SSSR count). The molecule has 0 aromatic heterocycles. The van der Waals surface area contributed by atoms with Crippen molar-refractivity contribution in [3.63, 3.8) is 0 Å². The molecule has 2 unspecified atom stereocenters. The van der Waals surface area contributed by atoms with Crippen LogP contribution in [0.4, 0.5) is 0 Å². The molecule has 2 atom stereocenters. The van der Waals surface area contributed by atoms with E-state index in [2.05, 4.69) is 43.6 Å². The topological polar surface area (TPSA) is 90.5 Å². The van der Waals surface area contributed by atoms with Crippen LogP contribution in [0.25, 0.3) is 0 Å². The van der Waals surface area contributed by atoms with E-state index in [-0.39, 0.29) is 24.5 Å². The molecule has 6 nitrogen and oxygen atoms in total. The molecule has 150 valence electrons. The second-order valence-electron chi connectivity index (χ2n) is 6.11. The maximum absolute atomic E-state index is 11.6. The van der Waals surface area contributed by atoms with Crippen LogP contribution in [0, 0.1) is 0 Å². The normalized spacial score (nSPS) is 18.9. The molecule has 0 radical (unpaired) electrons.